The molecule has 0 atom stereocenters. The van der Waals surface area contributed by atoms with Gasteiger partial charge in [0, 0.05) is 22.0 Å². The van der Waals surface area contributed by atoms with Crippen LogP contribution in [0.15, 0.2) is 29.4 Å². The molecule has 0 saturated heterocycles. The SMILES string of the molecule is CC(=O)c1ccc(C=CCN=[N+]=[N-])c(Cl)c1. The Morgan fingerprint density at radius 3 is 2.94 bits per heavy atom. The van der Waals surface area contributed by atoms with E-state index in [-0.39, 0.29) is 12.3 Å². The first-order valence-electron chi connectivity index (χ1n) is 4.63. The molecule has 0 fully saturated rings. The Labute approximate surface area is 98.2 Å². The zero-order chi connectivity index (χ0) is 12.0. The fourth-order valence-electron chi connectivity index (χ4n) is 1.14. The van der Waals surface area contributed by atoms with E-state index in [0.717, 1.165) is 5.56 Å². The van der Waals surface area contributed by atoms with Crippen molar-refractivity contribution in [3.05, 3.63) is 50.9 Å². The van der Waals surface area contributed by atoms with Gasteiger partial charge in [0.25, 0.3) is 0 Å². The van der Waals surface area contributed by atoms with Crippen LogP contribution in [0.4, 0.5) is 0 Å². The molecule has 0 spiro atoms. The highest BCUT2D eigenvalue weighted by molar-refractivity contribution is 6.32. The van der Waals surface area contributed by atoms with Gasteiger partial charge in [0.15, 0.2) is 5.78 Å². The lowest BCUT2D eigenvalue weighted by atomic mass is 10.1. The van der Waals surface area contributed by atoms with Crippen LogP contribution in [0.1, 0.15) is 22.8 Å². The third-order valence-electron chi connectivity index (χ3n) is 1.95. The van der Waals surface area contributed by atoms with E-state index in [1.807, 2.05) is 0 Å². The standard InChI is InChI=1S/C11H10ClN3O/c1-8(16)10-5-4-9(11(12)7-10)3-2-6-14-15-13/h2-5,7H,6H2,1H3. The smallest absolute Gasteiger partial charge is 0.159 e. The summed E-state index contributed by atoms with van der Waals surface area (Å²) >= 11 is 5.98. The number of azide groups is 1. The van der Waals surface area contributed by atoms with E-state index < -0.39 is 0 Å². The van der Waals surface area contributed by atoms with Gasteiger partial charge in [0.2, 0.25) is 0 Å². The summed E-state index contributed by atoms with van der Waals surface area (Å²) in [6.45, 7) is 1.77. The van der Waals surface area contributed by atoms with Crippen molar-refractivity contribution in [2.75, 3.05) is 6.54 Å². The highest BCUT2D eigenvalue weighted by Gasteiger charge is 2.02. The van der Waals surface area contributed by atoms with Crippen molar-refractivity contribution in [1.82, 2.24) is 0 Å². The van der Waals surface area contributed by atoms with Gasteiger partial charge in [-0.2, -0.15) is 0 Å². The molecule has 16 heavy (non-hydrogen) atoms. The first-order chi connectivity index (χ1) is 7.65. The van der Waals surface area contributed by atoms with Gasteiger partial charge in [-0.3, -0.25) is 4.79 Å². The maximum absolute atomic E-state index is 11.1. The molecule has 0 aliphatic rings. The second-order valence-corrected chi connectivity index (χ2v) is 3.52. The molecule has 0 radical (unpaired) electrons. The fourth-order valence-corrected chi connectivity index (χ4v) is 1.39. The molecule has 0 bridgehead atoms. The van der Waals surface area contributed by atoms with Crippen LogP contribution in [0.3, 0.4) is 0 Å². The molecular weight excluding hydrogens is 226 g/mol. The Kier molecular flexibility index (Phi) is 4.58. The van der Waals surface area contributed by atoms with Gasteiger partial charge in [-0.05, 0) is 24.1 Å². The number of Topliss-reactive ketones (excluding diaryl/α,β-unsaturated/α-hetero) is 1. The zero-order valence-electron chi connectivity index (χ0n) is 8.72. The van der Waals surface area contributed by atoms with E-state index in [4.69, 9.17) is 17.1 Å². The van der Waals surface area contributed by atoms with Gasteiger partial charge < -0.3 is 0 Å². The number of carbonyl (C=O) groups is 1. The van der Waals surface area contributed by atoms with E-state index in [1.54, 1.807) is 30.4 Å². The van der Waals surface area contributed by atoms with Crippen LogP contribution in [-0.4, -0.2) is 12.3 Å². The summed E-state index contributed by atoms with van der Waals surface area (Å²) < 4.78 is 0. The van der Waals surface area contributed by atoms with E-state index in [2.05, 4.69) is 10.0 Å². The highest BCUT2D eigenvalue weighted by Crippen LogP contribution is 2.19. The predicted octanol–water partition coefficient (Wildman–Crippen LogP) is 3.87. The van der Waals surface area contributed by atoms with Crippen LogP contribution in [0, 0.1) is 0 Å². The molecule has 0 aliphatic carbocycles. The van der Waals surface area contributed by atoms with Crippen molar-refractivity contribution in [1.29, 1.82) is 0 Å². The van der Waals surface area contributed by atoms with Gasteiger partial charge in [-0.25, -0.2) is 0 Å². The number of rotatable bonds is 4. The Balaban J connectivity index is 2.86. The van der Waals surface area contributed by atoms with Crippen molar-refractivity contribution in [2.45, 2.75) is 6.92 Å². The van der Waals surface area contributed by atoms with Crippen molar-refractivity contribution in [3.8, 4) is 0 Å². The predicted molar refractivity (Wildman–Crippen MR) is 64.5 cm³/mol. The molecule has 0 heterocycles. The minimum atomic E-state index is -0.0217. The Bertz CT molecular complexity index is 476. The molecule has 5 heteroatoms. The van der Waals surface area contributed by atoms with E-state index in [0.29, 0.717) is 10.6 Å². The first-order valence-corrected chi connectivity index (χ1v) is 5.01. The topological polar surface area (TPSA) is 65.8 Å². The lowest BCUT2D eigenvalue weighted by Gasteiger charge is -2.00. The third kappa shape index (κ3) is 3.42. The van der Waals surface area contributed by atoms with Gasteiger partial charge in [0.05, 0.1) is 0 Å². The molecule has 1 aromatic rings. The van der Waals surface area contributed by atoms with E-state index in [9.17, 15) is 4.79 Å². The Morgan fingerprint density at radius 2 is 2.38 bits per heavy atom. The van der Waals surface area contributed by atoms with Crippen molar-refractivity contribution in [2.24, 2.45) is 5.11 Å². The number of hydrogen-bond donors (Lipinski definition) is 0. The molecule has 0 N–H and O–H groups in total. The average molecular weight is 236 g/mol. The number of benzene rings is 1. The van der Waals surface area contributed by atoms with Crippen molar-refractivity contribution in [3.63, 3.8) is 0 Å². The summed E-state index contributed by atoms with van der Waals surface area (Å²) in [4.78, 5) is 13.7. The lowest BCUT2D eigenvalue weighted by Crippen LogP contribution is -1.91. The first kappa shape index (κ1) is 12.3. The second kappa shape index (κ2) is 5.95. The van der Waals surface area contributed by atoms with Crippen molar-refractivity contribution >= 4 is 23.5 Å². The summed E-state index contributed by atoms with van der Waals surface area (Å²) in [5.41, 5.74) is 9.45. The molecule has 0 unspecified atom stereocenters. The average Bonchev–Trinajstić information content (AvgIpc) is 2.26. The molecular formula is C11H10ClN3O. The van der Waals surface area contributed by atoms with Crippen LogP contribution in [0.2, 0.25) is 5.02 Å². The van der Waals surface area contributed by atoms with Crippen LogP contribution in [-0.2, 0) is 0 Å². The van der Waals surface area contributed by atoms with Gasteiger partial charge in [-0.15, -0.1) is 0 Å². The normalized spacial score (nSPS) is 10.1. The number of ketones is 1. The number of nitrogens with zero attached hydrogens (tertiary/aromatic N) is 3. The zero-order valence-corrected chi connectivity index (χ0v) is 9.48. The fraction of sp³-hybridized carbons (Fsp3) is 0.182. The summed E-state index contributed by atoms with van der Waals surface area (Å²) in [6, 6.07) is 5.09. The molecule has 0 aromatic heterocycles. The van der Waals surface area contributed by atoms with Gasteiger partial charge >= 0.3 is 0 Å². The largest absolute Gasteiger partial charge is 0.295 e. The molecule has 0 amide bonds. The number of carbonyl (C=O) groups excluding carboxylic acids is 1. The van der Waals surface area contributed by atoms with Crippen molar-refractivity contribution < 1.29 is 4.79 Å². The maximum Gasteiger partial charge on any atom is 0.159 e. The minimum absolute atomic E-state index is 0.0217. The van der Waals surface area contributed by atoms with Crippen LogP contribution in [0.5, 0.6) is 0 Å². The van der Waals surface area contributed by atoms with Crippen LogP contribution < -0.4 is 0 Å². The molecule has 4 nitrogen and oxygen atoms in total. The van der Waals surface area contributed by atoms with Crippen LogP contribution in [0.25, 0.3) is 16.5 Å². The molecule has 0 aliphatic heterocycles. The molecule has 82 valence electrons. The summed E-state index contributed by atoms with van der Waals surface area (Å²) in [5.74, 6) is -0.0217. The highest BCUT2D eigenvalue weighted by atomic mass is 35.5. The number of halogens is 1. The summed E-state index contributed by atoms with van der Waals surface area (Å²) in [7, 11) is 0. The van der Waals surface area contributed by atoms with Gasteiger partial charge in [-0.1, -0.05) is 41.0 Å². The van der Waals surface area contributed by atoms with Gasteiger partial charge in [0.1, 0.15) is 0 Å². The quantitative estimate of drug-likeness (QED) is 0.338. The maximum atomic E-state index is 11.1. The Hall–Kier alpha value is -1.77. The monoisotopic (exact) mass is 235 g/mol. The summed E-state index contributed by atoms with van der Waals surface area (Å²) in [5, 5.41) is 3.86. The van der Waals surface area contributed by atoms with Crippen LogP contribution >= 0.6 is 11.6 Å². The summed E-state index contributed by atoms with van der Waals surface area (Å²) in [6.07, 6.45) is 3.45. The molecule has 1 rings (SSSR count). The third-order valence-corrected chi connectivity index (χ3v) is 2.28. The molecule has 0 saturated carbocycles. The minimum Gasteiger partial charge on any atom is -0.295 e. The Morgan fingerprint density at radius 1 is 1.62 bits per heavy atom. The van der Waals surface area contributed by atoms with E-state index in [1.165, 1.54) is 6.92 Å². The molecule has 1 aromatic carbocycles. The van der Waals surface area contributed by atoms with E-state index >= 15 is 0 Å². The number of hydrogen-bond acceptors (Lipinski definition) is 2. The lowest BCUT2D eigenvalue weighted by molar-refractivity contribution is 0.101. The second-order valence-electron chi connectivity index (χ2n) is 3.11.